The molecule has 1 unspecified atom stereocenters. The number of carbonyl (C=O) groups is 1. The smallest absolute Gasteiger partial charge is 0.349 e. The molecule has 0 saturated carbocycles. The number of para-hydroxylation sites is 1. The number of nitrogens with one attached hydrogen (secondary N) is 1. The van der Waals surface area contributed by atoms with Crippen molar-refractivity contribution in [1.82, 2.24) is 9.66 Å². The fraction of sp³-hybridized carbons (Fsp3) is 0.200. The van der Waals surface area contributed by atoms with E-state index < -0.39 is 23.3 Å². The van der Waals surface area contributed by atoms with Gasteiger partial charge in [0.15, 0.2) is 6.10 Å². The van der Waals surface area contributed by atoms with Crippen molar-refractivity contribution in [3.63, 3.8) is 0 Å². The summed E-state index contributed by atoms with van der Waals surface area (Å²) in [6.45, 7) is 3.48. The summed E-state index contributed by atoms with van der Waals surface area (Å²) in [4.78, 5) is 39.2. The van der Waals surface area contributed by atoms with Crippen LogP contribution in [0.15, 0.2) is 57.2 Å². The van der Waals surface area contributed by atoms with Crippen molar-refractivity contribution >= 4 is 34.7 Å². The SMILES string of the molecule is CCOC(=O)C(C)Oc1ccc(Cl)cc1C=Nn1c(=O)[nH]c2ccccc2c1=O. The molecule has 2 aromatic carbocycles. The maximum absolute atomic E-state index is 12.6. The van der Waals surface area contributed by atoms with Gasteiger partial charge in [0.25, 0.3) is 5.56 Å². The van der Waals surface area contributed by atoms with E-state index in [1.165, 1.54) is 6.21 Å². The number of hydrogen-bond donors (Lipinski definition) is 1. The van der Waals surface area contributed by atoms with E-state index in [9.17, 15) is 14.4 Å². The molecule has 150 valence electrons. The Balaban J connectivity index is 1.98. The molecule has 0 radical (unpaired) electrons. The van der Waals surface area contributed by atoms with E-state index in [0.29, 0.717) is 31.9 Å². The van der Waals surface area contributed by atoms with E-state index in [4.69, 9.17) is 21.1 Å². The van der Waals surface area contributed by atoms with Gasteiger partial charge in [-0.05, 0) is 44.2 Å². The van der Waals surface area contributed by atoms with Crippen LogP contribution in [0.2, 0.25) is 5.02 Å². The maximum atomic E-state index is 12.6. The van der Waals surface area contributed by atoms with Crippen molar-refractivity contribution in [3.05, 3.63) is 73.9 Å². The Kier molecular flexibility index (Phi) is 6.13. The lowest BCUT2D eigenvalue weighted by Crippen LogP contribution is -2.32. The van der Waals surface area contributed by atoms with Gasteiger partial charge in [0, 0.05) is 10.6 Å². The molecule has 8 nitrogen and oxygen atoms in total. The lowest BCUT2D eigenvalue weighted by Gasteiger charge is -2.15. The fourth-order valence-corrected chi connectivity index (χ4v) is 2.78. The zero-order valence-electron chi connectivity index (χ0n) is 15.7. The number of halogens is 1. The summed E-state index contributed by atoms with van der Waals surface area (Å²) < 4.78 is 11.3. The van der Waals surface area contributed by atoms with E-state index >= 15 is 0 Å². The molecule has 0 bridgehead atoms. The van der Waals surface area contributed by atoms with Gasteiger partial charge < -0.3 is 14.5 Å². The highest BCUT2D eigenvalue weighted by Gasteiger charge is 2.17. The Hall–Kier alpha value is -3.39. The Bertz CT molecular complexity index is 1200. The molecule has 29 heavy (non-hydrogen) atoms. The molecular weight excluding hydrogens is 398 g/mol. The van der Waals surface area contributed by atoms with E-state index in [0.717, 1.165) is 0 Å². The molecule has 3 rings (SSSR count). The largest absolute Gasteiger partial charge is 0.478 e. The van der Waals surface area contributed by atoms with E-state index in [-0.39, 0.29) is 6.61 Å². The highest BCUT2D eigenvalue weighted by atomic mass is 35.5. The van der Waals surface area contributed by atoms with Crippen LogP contribution >= 0.6 is 11.6 Å². The van der Waals surface area contributed by atoms with Crippen LogP contribution in [0.3, 0.4) is 0 Å². The molecule has 9 heteroatoms. The van der Waals surface area contributed by atoms with Crippen LogP contribution in [0.5, 0.6) is 5.75 Å². The van der Waals surface area contributed by atoms with Crippen LogP contribution < -0.4 is 16.0 Å². The number of aromatic nitrogens is 2. The van der Waals surface area contributed by atoms with Gasteiger partial charge >= 0.3 is 11.7 Å². The van der Waals surface area contributed by atoms with E-state index in [1.54, 1.807) is 56.3 Å². The molecule has 1 N–H and O–H groups in total. The predicted octanol–water partition coefficient (Wildman–Crippen LogP) is 2.56. The number of H-pyrrole nitrogens is 1. The van der Waals surface area contributed by atoms with Crippen LogP contribution in [0, 0.1) is 0 Å². The molecule has 0 spiro atoms. The first kappa shape index (κ1) is 20.3. The summed E-state index contributed by atoms with van der Waals surface area (Å²) >= 11 is 6.04. The van der Waals surface area contributed by atoms with Gasteiger partial charge in [-0.1, -0.05) is 23.7 Å². The monoisotopic (exact) mass is 415 g/mol. The summed E-state index contributed by atoms with van der Waals surface area (Å²) in [5.41, 5.74) is -0.448. The Labute approximate surface area is 170 Å². The van der Waals surface area contributed by atoms with Crippen molar-refractivity contribution < 1.29 is 14.3 Å². The van der Waals surface area contributed by atoms with Gasteiger partial charge in [-0.15, -0.1) is 4.68 Å². The van der Waals surface area contributed by atoms with Crippen LogP contribution in [0.4, 0.5) is 0 Å². The number of rotatable bonds is 6. The van der Waals surface area contributed by atoms with Crippen LogP contribution in [0.25, 0.3) is 10.9 Å². The van der Waals surface area contributed by atoms with Crippen LogP contribution in [-0.2, 0) is 9.53 Å². The third-order valence-corrected chi connectivity index (χ3v) is 4.23. The number of esters is 1. The van der Waals surface area contributed by atoms with Crippen molar-refractivity contribution in [2.75, 3.05) is 6.61 Å². The molecule has 1 heterocycles. The Morgan fingerprint density at radius 3 is 2.79 bits per heavy atom. The molecule has 0 amide bonds. The minimum atomic E-state index is -0.866. The minimum Gasteiger partial charge on any atom is -0.478 e. The second-order valence-corrected chi connectivity index (χ2v) is 6.47. The summed E-state index contributed by atoms with van der Waals surface area (Å²) in [6, 6.07) is 11.3. The molecule has 0 aliphatic carbocycles. The number of carbonyl (C=O) groups excluding carboxylic acids is 1. The maximum Gasteiger partial charge on any atom is 0.349 e. The number of fused-ring (bicyclic) bond motifs is 1. The zero-order chi connectivity index (χ0) is 21.0. The molecule has 0 saturated heterocycles. The molecule has 0 fully saturated rings. The third-order valence-electron chi connectivity index (χ3n) is 3.99. The summed E-state index contributed by atoms with van der Waals surface area (Å²) in [5, 5.41) is 4.71. The van der Waals surface area contributed by atoms with Crippen LogP contribution in [-0.4, -0.2) is 34.6 Å². The molecule has 1 aromatic heterocycles. The number of ether oxygens (including phenoxy) is 2. The normalized spacial score (nSPS) is 12.2. The molecule has 0 aliphatic heterocycles. The van der Waals surface area contributed by atoms with Crippen molar-refractivity contribution in [2.45, 2.75) is 20.0 Å². The van der Waals surface area contributed by atoms with Gasteiger partial charge in [-0.3, -0.25) is 4.79 Å². The zero-order valence-corrected chi connectivity index (χ0v) is 16.5. The Morgan fingerprint density at radius 1 is 1.28 bits per heavy atom. The van der Waals surface area contributed by atoms with E-state index in [1.807, 2.05) is 0 Å². The molecule has 1 atom stereocenters. The number of benzene rings is 2. The fourth-order valence-electron chi connectivity index (χ4n) is 2.60. The van der Waals surface area contributed by atoms with E-state index in [2.05, 4.69) is 10.1 Å². The predicted molar refractivity (Wildman–Crippen MR) is 110 cm³/mol. The summed E-state index contributed by atoms with van der Waals surface area (Å²) in [7, 11) is 0. The molecule has 0 aliphatic rings. The van der Waals surface area contributed by atoms with Gasteiger partial charge in [0.1, 0.15) is 5.75 Å². The van der Waals surface area contributed by atoms with Crippen molar-refractivity contribution in [2.24, 2.45) is 5.10 Å². The summed E-state index contributed by atoms with van der Waals surface area (Å²) in [6.07, 6.45) is 0.403. The highest BCUT2D eigenvalue weighted by Crippen LogP contribution is 2.23. The Morgan fingerprint density at radius 2 is 2.03 bits per heavy atom. The third kappa shape index (κ3) is 4.55. The van der Waals surface area contributed by atoms with Crippen molar-refractivity contribution in [1.29, 1.82) is 0 Å². The highest BCUT2D eigenvalue weighted by molar-refractivity contribution is 6.30. The topological polar surface area (TPSA) is 103 Å². The lowest BCUT2D eigenvalue weighted by atomic mass is 10.2. The first-order valence-electron chi connectivity index (χ1n) is 8.82. The number of hydrogen-bond acceptors (Lipinski definition) is 6. The van der Waals surface area contributed by atoms with Crippen LogP contribution in [0.1, 0.15) is 19.4 Å². The molecular formula is C20H18ClN3O5. The quantitative estimate of drug-likeness (QED) is 0.492. The molecule has 3 aromatic rings. The summed E-state index contributed by atoms with van der Waals surface area (Å²) in [5.74, 6) is -0.225. The second-order valence-electron chi connectivity index (χ2n) is 6.03. The van der Waals surface area contributed by atoms with Gasteiger partial charge in [-0.25, -0.2) is 9.59 Å². The average Bonchev–Trinajstić information content (AvgIpc) is 2.69. The minimum absolute atomic E-state index is 0.231. The average molecular weight is 416 g/mol. The second kappa shape index (κ2) is 8.74. The van der Waals surface area contributed by atoms with Gasteiger partial charge in [0.05, 0.1) is 23.7 Å². The van der Waals surface area contributed by atoms with Gasteiger partial charge in [0.2, 0.25) is 0 Å². The van der Waals surface area contributed by atoms with Crippen molar-refractivity contribution in [3.8, 4) is 5.75 Å². The standard InChI is InChI=1S/C20H18ClN3O5/c1-3-28-19(26)12(2)29-17-9-8-14(21)10-13(17)11-22-24-18(25)15-6-4-5-7-16(15)23-20(24)27/h4-12H,3H2,1-2H3,(H,23,27). The number of nitrogens with zero attached hydrogens (tertiary/aromatic N) is 2. The first-order chi connectivity index (χ1) is 13.9. The van der Waals surface area contributed by atoms with Gasteiger partial charge in [-0.2, -0.15) is 5.10 Å². The lowest BCUT2D eigenvalue weighted by molar-refractivity contribution is -0.150. The number of aromatic amines is 1. The first-order valence-corrected chi connectivity index (χ1v) is 9.19.